The van der Waals surface area contributed by atoms with Gasteiger partial charge in [-0.05, 0) is 34.9 Å². The molecular weight excluding hydrogens is 430 g/mol. The highest BCUT2D eigenvalue weighted by molar-refractivity contribution is 6.70. The van der Waals surface area contributed by atoms with Crippen molar-refractivity contribution < 1.29 is 9.15 Å². The van der Waals surface area contributed by atoms with E-state index in [1.54, 1.807) is 6.07 Å². The molecule has 148 valence electrons. The summed E-state index contributed by atoms with van der Waals surface area (Å²) >= 11 is 0. The monoisotopic (exact) mass is 440 g/mol. The molecule has 0 aliphatic heterocycles. The molecule has 5 aromatic rings. The number of fused-ring (bicyclic) bond motifs is 3. The normalized spacial score (nSPS) is 11.4. The van der Waals surface area contributed by atoms with Crippen molar-refractivity contribution >= 4 is 142 Å². The van der Waals surface area contributed by atoms with Gasteiger partial charge < -0.3 is 9.15 Å². The summed E-state index contributed by atoms with van der Waals surface area (Å²) in [7, 11) is 58.5. The second kappa shape index (κ2) is 8.87. The first kappa shape index (κ1) is 24.7. The highest BCUT2D eigenvalue weighted by atomic mass is 16.5. The van der Waals surface area contributed by atoms with Crippen molar-refractivity contribution in [2.24, 2.45) is 0 Å². The Kier molecular flexibility index (Phi) is 6.10. The van der Waals surface area contributed by atoms with Crippen molar-refractivity contribution in [2.45, 2.75) is 0 Å². The van der Waals surface area contributed by atoms with E-state index in [1.165, 1.54) is 7.11 Å². The number of hydrogen-bond donors (Lipinski definition) is 0. The minimum Gasteiger partial charge on any atom is -0.496 e. The summed E-state index contributed by atoms with van der Waals surface area (Å²) in [4.78, 5) is 0. The number of benzene rings is 4. The molecule has 0 atom stereocenters. The highest BCUT2D eigenvalue weighted by Crippen LogP contribution is 2.40. The van der Waals surface area contributed by atoms with E-state index >= 15 is 0 Å². The molecule has 0 unspecified atom stereocenters. The third kappa shape index (κ3) is 3.39. The number of rotatable bonds is 3. The Bertz CT molecular complexity index is 1670. The summed E-state index contributed by atoms with van der Waals surface area (Å²) in [6, 6.07) is 11.3. The Morgan fingerprint density at radius 1 is 0.500 bits per heavy atom. The van der Waals surface area contributed by atoms with Crippen molar-refractivity contribution in [3.05, 3.63) is 36.4 Å². The lowest BCUT2D eigenvalue weighted by molar-refractivity contribution is 0.416. The van der Waals surface area contributed by atoms with Crippen LogP contribution in [0.15, 0.2) is 40.8 Å². The van der Waals surface area contributed by atoms with Gasteiger partial charge >= 0.3 is 0 Å². The van der Waals surface area contributed by atoms with Crippen LogP contribution < -0.4 is 53.9 Å². The summed E-state index contributed by atoms with van der Waals surface area (Å²) < 4.78 is 11.9. The summed E-state index contributed by atoms with van der Waals surface area (Å²) in [5.41, 5.74) is 3.13. The van der Waals surface area contributed by atoms with Gasteiger partial charge in [-0.3, -0.25) is 0 Å². The summed E-state index contributed by atoms with van der Waals surface area (Å²) in [6.45, 7) is 0. The van der Waals surface area contributed by atoms with Gasteiger partial charge in [0.15, 0.2) is 0 Å². The zero-order chi connectivity index (χ0) is 26.0. The lowest BCUT2D eigenvalue weighted by Crippen LogP contribution is -2.57. The molecule has 0 saturated heterocycles. The predicted molar refractivity (Wildman–Crippen MR) is 160 cm³/mol. The van der Waals surface area contributed by atoms with Crippen LogP contribution in [-0.4, -0.2) is 77.7 Å². The Labute approximate surface area is 222 Å². The zero-order valence-electron chi connectivity index (χ0n) is 19.5. The van der Waals surface area contributed by atoms with Crippen LogP contribution in [-0.2, 0) is 0 Å². The van der Waals surface area contributed by atoms with E-state index in [4.69, 9.17) is 79.8 Å². The number of methoxy groups -OCH3 is 1. The quantitative estimate of drug-likeness (QED) is 0.269. The number of furan rings is 1. The first-order valence-corrected chi connectivity index (χ1v) is 10.9. The van der Waals surface area contributed by atoms with Gasteiger partial charge in [0.1, 0.15) is 87.5 Å². The lowest BCUT2D eigenvalue weighted by Gasteiger charge is -2.28. The Balaban J connectivity index is 1.91. The molecule has 5 rings (SSSR count). The van der Waals surface area contributed by atoms with Crippen molar-refractivity contribution in [3.8, 4) is 28.0 Å². The molecule has 0 spiro atoms. The molecule has 0 aliphatic rings. The van der Waals surface area contributed by atoms with Gasteiger partial charge in [-0.25, -0.2) is 0 Å². The van der Waals surface area contributed by atoms with Crippen molar-refractivity contribution in [2.75, 3.05) is 7.11 Å². The van der Waals surface area contributed by atoms with Crippen LogP contribution in [0.3, 0.4) is 0 Å². The molecule has 36 heavy (non-hydrogen) atoms. The maximum absolute atomic E-state index is 6.61. The number of ether oxygens (including phenoxy) is 1. The summed E-state index contributed by atoms with van der Waals surface area (Å²) in [6.07, 6.45) is 0. The molecule has 0 fully saturated rings. The molecule has 0 bridgehead atoms. The summed E-state index contributed by atoms with van der Waals surface area (Å²) in [5.74, 6) is 0.464. The van der Waals surface area contributed by atoms with E-state index in [-0.39, 0.29) is 60.3 Å². The van der Waals surface area contributed by atoms with Crippen LogP contribution in [0.4, 0.5) is 0 Å². The molecule has 2 nitrogen and oxygen atoms in total. The van der Waals surface area contributed by atoms with Gasteiger partial charge in [0.25, 0.3) is 0 Å². The second-order valence-corrected chi connectivity index (χ2v) is 8.47. The van der Waals surface area contributed by atoms with Crippen LogP contribution in [0.1, 0.15) is 0 Å². The van der Waals surface area contributed by atoms with E-state index in [2.05, 4.69) is 0 Å². The fraction of sp³-hybridized carbons (Fsp3) is 0.0400. The first-order chi connectivity index (χ1) is 17.1. The highest BCUT2D eigenvalue weighted by Gasteiger charge is 2.24. The molecule has 0 N–H and O–H groups in total. The average molecular weight is 439 g/mol. The van der Waals surface area contributed by atoms with E-state index in [0.29, 0.717) is 28.0 Å². The fourth-order valence-electron chi connectivity index (χ4n) is 4.66. The van der Waals surface area contributed by atoms with Crippen molar-refractivity contribution in [1.29, 1.82) is 0 Å². The van der Waals surface area contributed by atoms with E-state index in [0.717, 1.165) is 10.8 Å². The largest absolute Gasteiger partial charge is 0.496 e. The molecule has 1 heterocycles. The molecular formula is C25H9B9O2. The van der Waals surface area contributed by atoms with Gasteiger partial charge in [-0.1, -0.05) is 51.0 Å². The van der Waals surface area contributed by atoms with E-state index in [9.17, 15) is 0 Å². The second-order valence-electron chi connectivity index (χ2n) is 8.47. The van der Waals surface area contributed by atoms with Gasteiger partial charge in [0.05, 0.1) is 12.7 Å². The van der Waals surface area contributed by atoms with Gasteiger partial charge in [-0.15, -0.1) is 16.4 Å². The Hall–Kier alpha value is -2.94. The number of hydrogen-bond acceptors (Lipinski definition) is 2. The van der Waals surface area contributed by atoms with Crippen LogP contribution in [0, 0.1) is 0 Å². The molecule has 0 saturated carbocycles. The third-order valence-corrected chi connectivity index (χ3v) is 6.59. The van der Waals surface area contributed by atoms with E-state index < -0.39 is 0 Å². The third-order valence-electron chi connectivity index (χ3n) is 6.59. The molecule has 18 radical (unpaired) electrons. The van der Waals surface area contributed by atoms with Gasteiger partial charge in [0.2, 0.25) is 0 Å². The molecule has 1 aromatic heterocycles. The van der Waals surface area contributed by atoms with Crippen LogP contribution >= 0.6 is 0 Å². The first-order valence-electron chi connectivity index (χ1n) is 10.9. The SMILES string of the molecule is [B]c1c([B])c([B])c(-c2c([B])c([B])c(-c3c(OC)ccc4c3oc3ccccc34)c([B])c2[B])c([B])c1[B]. The van der Waals surface area contributed by atoms with Gasteiger partial charge in [0, 0.05) is 10.8 Å². The maximum atomic E-state index is 6.61. The molecule has 0 aliphatic carbocycles. The minimum absolute atomic E-state index is 0.0467. The van der Waals surface area contributed by atoms with Crippen molar-refractivity contribution in [3.63, 3.8) is 0 Å². The standard InChI is InChI=1S/C25H9B9O2/c1-35-11-7-6-9-8-4-2-3-5-10(8)36-25(9)12(11)13-16(26)18(28)14(19(29)17(13)27)15-20(30)22(32)24(34)23(33)21(15)31/h2-7H,1H3. The van der Waals surface area contributed by atoms with Crippen LogP contribution in [0.2, 0.25) is 0 Å². The average Bonchev–Trinajstić information content (AvgIpc) is 3.26. The van der Waals surface area contributed by atoms with Crippen molar-refractivity contribution in [1.82, 2.24) is 0 Å². The zero-order valence-corrected chi connectivity index (χ0v) is 19.5. The lowest BCUT2D eigenvalue weighted by atomic mass is 9.56. The Morgan fingerprint density at radius 2 is 0.944 bits per heavy atom. The molecule has 0 amide bonds. The topological polar surface area (TPSA) is 22.4 Å². The maximum Gasteiger partial charge on any atom is 0.146 e. The van der Waals surface area contributed by atoms with E-state index in [1.807, 2.05) is 30.3 Å². The van der Waals surface area contributed by atoms with Crippen LogP contribution in [0.25, 0.3) is 44.2 Å². The molecule has 11 heteroatoms. The molecule has 4 aromatic carbocycles. The fourth-order valence-corrected chi connectivity index (χ4v) is 4.66. The van der Waals surface area contributed by atoms with Crippen LogP contribution in [0.5, 0.6) is 5.75 Å². The Morgan fingerprint density at radius 3 is 1.47 bits per heavy atom. The summed E-state index contributed by atoms with van der Waals surface area (Å²) in [5, 5.41) is 1.76. The minimum atomic E-state index is 0.0467. The smallest absolute Gasteiger partial charge is 0.146 e. The van der Waals surface area contributed by atoms with Gasteiger partial charge in [-0.2, -0.15) is 0 Å². The number of para-hydroxylation sites is 1. The predicted octanol–water partition coefficient (Wildman–Crippen LogP) is -3.93.